The van der Waals surface area contributed by atoms with Crippen LogP contribution in [0.3, 0.4) is 0 Å². The Morgan fingerprint density at radius 1 is 1.62 bits per heavy atom. The second-order valence-corrected chi connectivity index (χ2v) is 3.85. The summed E-state index contributed by atoms with van der Waals surface area (Å²) in [5.41, 5.74) is -0.687. The number of aryl methyl sites for hydroxylation is 1. The average Bonchev–Trinajstić information content (AvgIpc) is 2.02. The van der Waals surface area contributed by atoms with E-state index in [0.717, 1.165) is 0 Å². The molecule has 0 amide bonds. The molecular weight excluding hydrogens is 194 g/mol. The molecule has 0 aliphatic carbocycles. The van der Waals surface area contributed by atoms with Crippen LogP contribution in [0.25, 0.3) is 0 Å². The zero-order chi connectivity index (χ0) is 10.1. The minimum atomic E-state index is -4.01. The highest BCUT2D eigenvalue weighted by molar-refractivity contribution is 7.89. The summed E-state index contributed by atoms with van der Waals surface area (Å²) in [5.74, 6) is 0. The molecule has 0 saturated heterocycles. The Kier molecular flexibility index (Phi) is 2.48. The maximum absolute atomic E-state index is 11.3. The molecule has 13 heavy (non-hydrogen) atoms. The summed E-state index contributed by atoms with van der Waals surface area (Å²) in [6.07, 6.45) is 2.63. The standard InChI is InChI=1S/C6H9N3O3S/c1-2-9-4-3-8-5(6(9)10)13(7,11)12/h3-4H,2H2,1H3,(H2,7,11,12). The van der Waals surface area contributed by atoms with E-state index < -0.39 is 20.6 Å². The molecule has 0 fully saturated rings. The number of nitrogens with two attached hydrogens (primary N) is 1. The highest BCUT2D eigenvalue weighted by atomic mass is 32.2. The molecule has 1 rings (SSSR count). The van der Waals surface area contributed by atoms with Gasteiger partial charge in [-0.3, -0.25) is 4.79 Å². The molecule has 6 nitrogen and oxygen atoms in total. The van der Waals surface area contributed by atoms with Crippen molar-refractivity contribution in [2.45, 2.75) is 18.5 Å². The Morgan fingerprint density at radius 3 is 2.69 bits per heavy atom. The first-order valence-electron chi connectivity index (χ1n) is 3.55. The van der Waals surface area contributed by atoms with Gasteiger partial charge in [-0.15, -0.1) is 0 Å². The lowest BCUT2D eigenvalue weighted by Crippen LogP contribution is -2.29. The molecule has 0 aliphatic heterocycles. The summed E-state index contributed by atoms with van der Waals surface area (Å²) in [6, 6.07) is 0. The topological polar surface area (TPSA) is 95.1 Å². The fraction of sp³-hybridized carbons (Fsp3) is 0.333. The third-order valence-electron chi connectivity index (χ3n) is 1.49. The van der Waals surface area contributed by atoms with Gasteiger partial charge >= 0.3 is 0 Å². The SMILES string of the molecule is CCn1ccnc(S(N)(=O)=O)c1=O. The van der Waals surface area contributed by atoms with Crippen molar-refractivity contribution in [3.8, 4) is 0 Å². The van der Waals surface area contributed by atoms with Crippen LogP contribution in [0.2, 0.25) is 0 Å². The Bertz CT molecular complexity index is 462. The van der Waals surface area contributed by atoms with Crippen molar-refractivity contribution >= 4 is 10.0 Å². The predicted molar refractivity (Wildman–Crippen MR) is 45.5 cm³/mol. The van der Waals surface area contributed by atoms with Crippen LogP contribution in [0.4, 0.5) is 0 Å². The van der Waals surface area contributed by atoms with E-state index in [1.165, 1.54) is 17.0 Å². The number of nitrogens with zero attached hydrogens (tertiary/aromatic N) is 2. The van der Waals surface area contributed by atoms with Gasteiger partial charge in [0.05, 0.1) is 0 Å². The van der Waals surface area contributed by atoms with Gasteiger partial charge in [0, 0.05) is 18.9 Å². The van der Waals surface area contributed by atoms with Crippen molar-refractivity contribution in [3.63, 3.8) is 0 Å². The van der Waals surface area contributed by atoms with Crippen LogP contribution >= 0.6 is 0 Å². The summed E-state index contributed by atoms with van der Waals surface area (Å²) < 4.78 is 22.9. The van der Waals surface area contributed by atoms with Gasteiger partial charge in [0.25, 0.3) is 15.6 Å². The van der Waals surface area contributed by atoms with Gasteiger partial charge < -0.3 is 4.57 Å². The van der Waals surface area contributed by atoms with Gasteiger partial charge in [-0.2, -0.15) is 0 Å². The molecule has 7 heteroatoms. The van der Waals surface area contributed by atoms with Crippen LogP contribution in [-0.2, 0) is 16.6 Å². The molecule has 0 aromatic carbocycles. The van der Waals surface area contributed by atoms with Gasteiger partial charge in [-0.25, -0.2) is 18.5 Å². The van der Waals surface area contributed by atoms with E-state index in [0.29, 0.717) is 6.54 Å². The van der Waals surface area contributed by atoms with E-state index in [1.54, 1.807) is 6.92 Å². The lowest BCUT2D eigenvalue weighted by molar-refractivity contribution is 0.586. The highest BCUT2D eigenvalue weighted by Gasteiger charge is 2.15. The van der Waals surface area contributed by atoms with E-state index >= 15 is 0 Å². The first-order valence-corrected chi connectivity index (χ1v) is 5.09. The van der Waals surface area contributed by atoms with E-state index in [9.17, 15) is 13.2 Å². The van der Waals surface area contributed by atoms with Crippen LogP contribution in [0, 0.1) is 0 Å². The second kappa shape index (κ2) is 3.27. The van der Waals surface area contributed by atoms with Crippen LogP contribution in [-0.4, -0.2) is 18.0 Å². The van der Waals surface area contributed by atoms with Crippen molar-refractivity contribution in [2.24, 2.45) is 5.14 Å². The van der Waals surface area contributed by atoms with Gasteiger partial charge in [0.15, 0.2) is 0 Å². The van der Waals surface area contributed by atoms with Gasteiger partial charge in [0.2, 0.25) is 5.03 Å². The number of sulfonamides is 1. The molecular formula is C6H9N3O3S. The first-order chi connectivity index (χ1) is 5.96. The maximum atomic E-state index is 11.3. The third kappa shape index (κ3) is 1.93. The second-order valence-electron chi connectivity index (χ2n) is 2.37. The molecule has 72 valence electrons. The normalized spacial score (nSPS) is 11.5. The molecule has 1 aromatic rings. The van der Waals surface area contributed by atoms with Crippen molar-refractivity contribution in [1.29, 1.82) is 0 Å². The number of hydrogen-bond donors (Lipinski definition) is 1. The zero-order valence-corrected chi connectivity index (χ0v) is 7.78. The van der Waals surface area contributed by atoms with E-state index in [-0.39, 0.29) is 0 Å². The Morgan fingerprint density at radius 2 is 2.23 bits per heavy atom. The summed E-state index contributed by atoms with van der Waals surface area (Å²) in [7, 11) is -4.01. The Labute approximate surface area is 75.1 Å². The first kappa shape index (κ1) is 9.87. The molecule has 0 bridgehead atoms. The molecule has 1 aromatic heterocycles. The molecule has 2 N–H and O–H groups in total. The lowest BCUT2D eigenvalue weighted by atomic mass is 10.6. The molecule has 0 radical (unpaired) electrons. The zero-order valence-electron chi connectivity index (χ0n) is 6.97. The van der Waals surface area contributed by atoms with Gasteiger partial charge in [0.1, 0.15) is 0 Å². The molecule has 1 heterocycles. The smallest absolute Gasteiger partial charge is 0.289 e. The summed E-state index contributed by atoms with van der Waals surface area (Å²) in [6.45, 7) is 2.10. The largest absolute Gasteiger partial charge is 0.312 e. The number of primary sulfonamides is 1. The minimum Gasteiger partial charge on any atom is -0.312 e. The number of rotatable bonds is 2. The minimum absolute atomic E-state index is 0.379. The monoisotopic (exact) mass is 203 g/mol. The van der Waals surface area contributed by atoms with E-state index in [1.807, 2.05) is 0 Å². The van der Waals surface area contributed by atoms with Crippen molar-refractivity contribution < 1.29 is 8.42 Å². The summed E-state index contributed by atoms with van der Waals surface area (Å²) in [5, 5.41) is 4.16. The Balaban J connectivity index is 3.51. The van der Waals surface area contributed by atoms with Crippen molar-refractivity contribution in [2.75, 3.05) is 0 Å². The van der Waals surface area contributed by atoms with Crippen LogP contribution in [0.5, 0.6) is 0 Å². The number of aromatic nitrogens is 2. The van der Waals surface area contributed by atoms with Crippen LogP contribution in [0.1, 0.15) is 6.92 Å². The molecule has 0 spiro atoms. The summed E-state index contributed by atoms with van der Waals surface area (Å²) >= 11 is 0. The van der Waals surface area contributed by atoms with E-state index in [2.05, 4.69) is 4.98 Å². The fourth-order valence-electron chi connectivity index (χ4n) is 0.871. The average molecular weight is 203 g/mol. The fourth-order valence-corrected chi connectivity index (χ4v) is 1.44. The van der Waals surface area contributed by atoms with Crippen molar-refractivity contribution in [3.05, 3.63) is 22.7 Å². The number of hydrogen-bond acceptors (Lipinski definition) is 4. The van der Waals surface area contributed by atoms with Crippen LogP contribution < -0.4 is 10.7 Å². The van der Waals surface area contributed by atoms with Crippen LogP contribution in [0.15, 0.2) is 22.2 Å². The highest BCUT2D eigenvalue weighted by Crippen LogP contribution is 1.92. The Hall–Kier alpha value is -1.21. The predicted octanol–water partition coefficient (Wildman–Crippen LogP) is -1.09. The third-order valence-corrected chi connectivity index (χ3v) is 2.31. The molecule has 0 saturated carbocycles. The molecule has 0 unspecified atom stereocenters. The maximum Gasteiger partial charge on any atom is 0.289 e. The lowest BCUT2D eigenvalue weighted by Gasteiger charge is -2.01. The van der Waals surface area contributed by atoms with Crippen molar-refractivity contribution in [1.82, 2.24) is 9.55 Å². The van der Waals surface area contributed by atoms with E-state index in [4.69, 9.17) is 5.14 Å². The quantitative estimate of drug-likeness (QED) is 0.660. The summed E-state index contributed by atoms with van der Waals surface area (Å²) in [4.78, 5) is 14.7. The van der Waals surface area contributed by atoms with Gasteiger partial charge in [-0.1, -0.05) is 0 Å². The molecule has 0 atom stereocenters. The van der Waals surface area contributed by atoms with Gasteiger partial charge in [-0.05, 0) is 6.92 Å². The molecule has 0 aliphatic rings.